The molecule has 1 fully saturated rings. The van der Waals surface area contributed by atoms with Gasteiger partial charge in [-0.3, -0.25) is 0 Å². The topological polar surface area (TPSA) is 72.9 Å². The summed E-state index contributed by atoms with van der Waals surface area (Å²) in [5.74, 6) is 1.42. The van der Waals surface area contributed by atoms with Crippen LogP contribution in [-0.2, 0) is 0 Å². The predicted molar refractivity (Wildman–Crippen MR) is 77.7 cm³/mol. The van der Waals surface area contributed by atoms with E-state index in [1.54, 1.807) is 4.68 Å². The lowest BCUT2D eigenvalue weighted by atomic mass is 9.91. The van der Waals surface area contributed by atoms with Crippen molar-refractivity contribution in [2.75, 3.05) is 18.0 Å². The largest absolute Gasteiger partial charge is 0.339 e. The number of aromatic nitrogens is 4. The van der Waals surface area contributed by atoms with Gasteiger partial charge >= 0.3 is 0 Å². The molecule has 2 N–H and O–H groups in total. The highest BCUT2D eigenvalue weighted by Crippen LogP contribution is 2.24. The fraction of sp³-hybridized carbons (Fsp3) is 0.500. The molecule has 106 valence electrons. The van der Waals surface area contributed by atoms with E-state index >= 15 is 0 Å². The summed E-state index contributed by atoms with van der Waals surface area (Å²) in [6.07, 6.45) is 2.19. The van der Waals surface area contributed by atoms with Gasteiger partial charge in [0.05, 0.1) is 5.69 Å². The predicted octanol–water partition coefficient (Wildman–Crippen LogP) is 1.23. The molecular formula is C14H20N6. The van der Waals surface area contributed by atoms with Crippen LogP contribution in [0.1, 0.15) is 19.8 Å². The van der Waals surface area contributed by atoms with E-state index in [1.807, 2.05) is 30.3 Å². The highest BCUT2D eigenvalue weighted by Gasteiger charge is 2.25. The minimum absolute atomic E-state index is 0.266. The Bertz CT molecular complexity index is 542. The Kier molecular flexibility index (Phi) is 3.64. The number of nitrogens with zero attached hydrogens (tertiary/aromatic N) is 5. The van der Waals surface area contributed by atoms with Crippen LogP contribution in [0.25, 0.3) is 5.69 Å². The summed E-state index contributed by atoms with van der Waals surface area (Å²) in [4.78, 5) is 2.24. The highest BCUT2D eigenvalue weighted by atomic mass is 15.6. The van der Waals surface area contributed by atoms with Crippen molar-refractivity contribution in [2.24, 2.45) is 11.7 Å². The minimum Gasteiger partial charge on any atom is -0.339 e. The van der Waals surface area contributed by atoms with Gasteiger partial charge in [-0.2, -0.15) is 4.68 Å². The summed E-state index contributed by atoms with van der Waals surface area (Å²) in [5.41, 5.74) is 6.98. The molecule has 0 aliphatic carbocycles. The molecule has 1 unspecified atom stereocenters. The second-order valence-electron chi connectivity index (χ2n) is 5.41. The first-order valence-corrected chi connectivity index (χ1v) is 7.10. The normalized spacial score (nSPS) is 18.2. The number of anilines is 1. The molecule has 1 aliphatic heterocycles. The zero-order valence-electron chi connectivity index (χ0n) is 11.7. The molecule has 1 aromatic carbocycles. The molecule has 0 spiro atoms. The molecule has 20 heavy (non-hydrogen) atoms. The van der Waals surface area contributed by atoms with Crippen molar-refractivity contribution in [3.05, 3.63) is 30.3 Å². The zero-order valence-corrected chi connectivity index (χ0v) is 11.7. The Morgan fingerprint density at radius 2 is 1.90 bits per heavy atom. The van der Waals surface area contributed by atoms with Crippen molar-refractivity contribution >= 4 is 5.95 Å². The molecule has 2 aromatic rings. The number of para-hydroxylation sites is 1. The van der Waals surface area contributed by atoms with Crippen LogP contribution in [0.2, 0.25) is 0 Å². The molecule has 0 bridgehead atoms. The first-order chi connectivity index (χ1) is 9.75. The molecule has 0 amide bonds. The lowest BCUT2D eigenvalue weighted by Gasteiger charge is -2.33. The number of tetrazole rings is 1. The number of hydrogen-bond donors (Lipinski definition) is 1. The number of rotatable bonds is 3. The maximum absolute atomic E-state index is 5.99. The molecule has 6 heteroatoms. The Balaban J connectivity index is 1.78. The van der Waals surface area contributed by atoms with Crippen LogP contribution in [0.5, 0.6) is 0 Å². The molecule has 3 rings (SSSR count). The fourth-order valence-corrected chi connectivity index (χ4v) is 2.74. The van der Waals surface area contributed by atoms with Crippen molar-refractivity contribution in [3.63, 3.8) is 0 Å². The number of nitrogens with two attached hydrogens (primary N) is 1. The molecule has 2 heterocycles. The SMILES string of the molecule is CC(N)C1CCN(c2nnnn2-c2ccccc2)CC1. The van der Waals surface area contributed by atoms with Gasteiger partial charge in [0.15, 0.2) is 0 Å². The summed E-state index contributed by atoms with van der Waals surface area (Å²) in [6, 6.07) is 10.2. The second kappa shape index (κ2) is 5.58. The van der Waals surface area contributed by atoms with Gasteiger partial charge in [0.2, 0.25) is 5.95 Å². The van der Waals surface area contributed by atoms with Gasteiger partial charge in [0, 0.05) is 19.1 Å². The molecule has 0 radical (unpaired) electrons. The van der Waals surface area contributed by atoms with Crippen LogP contribution in [0, 0.1) is 5.92 Å². The van der Waals surface area contributed by atoms with Gasteiger partial charge < -0.3 is 10.6 Å². The van der Waals surface area contributed by atoms with E-state index in [0.717, 1.165) is 37.6 Å². The summed E-state index contributed by atoms with van der Waals surface area (Å²) < 4.78 is 1.80. The summed E-state index contributed by atoms with van der Waals surface area (Å²) >= 11 is 0. The van der Waals surface area contributed by atoms with Crippen molar-refractivity contribution < 1.29 is 0 Å². The van der Waals surface area contributed by atoms with Crippen LogP contribution in [0.15, 0.2) is 30.3 Å². The van der Waals surface area contributed by atoms with Crippen molar-refractivity contribution in [3.8, 4) is 5.69 Å². The van der Waals surface area contributed by atoms with Crippen LogP contribution in [0.4, 0.5) is 5.95 Å². The summed E-state index contributed by atoms with van der Waals surface area (Å²) in [5, 5.41) is 12.1. The number of hydrogen-bond acceptors (Lipinski definition) is 5. The van der Waals surface area contributed by atoms with E-state index in [9.17, 15) is 0 Å². The van der Waals surface area contributed by atoms with Crippen molar-refractivity contribution in [2.45, 2.75) is 25.8 Å². The van der Waals surface area contributed by atoms with E-state index < -0.39 is 0 Å². The van der Waals surface area contributed by atoms with Crippen molar-refractivity contribution in [1.29, 1.82) is 0 Å². The number of piperidine rings is 1. The summed E-state index contributed by atoms with van der Waals surface area (Å²) in [7, 11) is 0. The maximum atomic E-state index is 5.99. The minimum atomic E-state index is 0.266. The molecule has 1 aromatic heterocycles. The van der Waals surface area contributed by atoms with E-state index in [2.05, 4.69) is 27.3 Å². The maximum Gasteiger partial charge on any atom is 0.250 e. The van der Waals surface area contributed by atoms with Gasteiger partial charge in [-0.25, -0.2) is 0 Å². The van der Waals surface area contributed by atoms with E-state index in [4.69, 9.17) is 5.73 Å². The monoisotopic (exact) mass is 272 g/mol. The molecule has 0 saturated carbocycles. The Morgan fingerprint density at radius 3 is 2.55 bits per heavy atom. The second-order valence-corrected chi connectivity index (χ2v) is 5.41. The van der Waals surface area contributed by atoms with E-state index in [-0.39, 0.29) is 6.04 Å². The lowest BCUT2D eigenvalue weighted by molar-refractivity contribution is 0.351. The van der Waals surface area contributed by atoms with Gasteiger partial charge in [0.1, 0.15) is 0 Å². The van der Waals surface area contributed by atoms with Crippen LogP contribution < -0.4 is 10.6 Å². The third-order valence-electron chi connectivity index (χ3n) is 4.02. The van der Waals surface area contributed by atoms with E-state index in [0.29, 0.717) is 5.92 Å². The van der Waals surface area contributed by atoms with Crippen molar-refractivity contribution in [1.82, 2.24) is 20.2 Å². The van der Waals surface area contributed by atoms with Gasteiger partial charge in [-0.1, -0.05) is 23.3 Å². The molecule has 1 saturated heterocycles. The third kappa shape index (κ3) is 2.51. The Labute approximate surface area is 118 Å². The average Bonchev–Trinajstić information content (AvgIpc) is 2.97. The Hall–Kier alpha value is -1.95. The quantitative estimate of drug-likeness (QED) is 0.909. The van der Waals surface area contributed by atoms with Gasteiger partial charge in [-0.15, -0.1) is 0 Å². The van der Waals surface area contributed by atoms with Gasteiger partial charge in [-0.05, 0) is 48.2 Å². The summed E-state index contributed by atoms with van der Waals surface area (Å²) in [6.45, 7) is 4.01. The fourth-order valence-electron chi connectivity index (χ4n) is 2.74. The molecular weight excluding hydrogens is 252 g/mol. The molecule has 1 atom stereocenters. The van der Waals surface area contributed by atoms with E-state index in [1.165, 1.54) is 0 Å². The van der Waals surface area contributed by atoms with Gasteiger partial charge in [0.25, 0.3) is 0 Å². The van der Waals surface area contributed by atoms with Crippen LogP contribution in [0.3, 0.4) is 0 Å². The third-order valence-corrected chi connectivity index (χ3v) is 4.02. The standard InChI is InChI=1S/C14H20N6/c1-11(15)12-7-9-19(10-8-12)14-16-17-18-20(14)13-5-3-2-4-6-13/h2-6,11-12H,7-10,15H2,1H3. The Morgan fingerprint density at radius 1 is 1.20 bits per heavy atom. The first kappa shape index (κ1) is 13.1. The average molecular weight is 272 g/mol. The zero-order chi connectivity index (χ0) is 13.9. The lowest BCUT2D eigenvalue weighted by Crippen LogP contribution is -2.40. The smallest absolute Gasteiger partial charge is 0.250 e. The molecule has 6 nitrogen and oxygen atoms in total. The number of benzene rings is 1. The first-order valence-electron chi connectivity index (χ1n) is 7.10. The van der Waals surface area contributed by atoms with Crippen LogP contribution in [-0.4, -0.2) is 39.3 Å². The molecule has 1 aliphatic rings. The van der Waals surface area contributed by atoms with Crippen LogP contribution >= 0.6 is 0 Å². The highest BCUT2D eigenvalue weighted by molar-refractivity contribution is 5.40.